The fourth-order valence-electron chi connectivity index (χ4n) is 3.28. The molecule has 4 heteroatoms. The van der Waals surface area contributed by atoms with Gasteiger partial charge in [-0.25, -0.2) is 4.39 Å². The summed E-state index contributed by atoms with van der Waals surface area (Å²) in [6.45, 7) is 4.87. The number of likely N-dealkylation sites (tertiary alicyclic amines) is 1. The van der Waals surface area contributed by atoms with Gasteiger partial charge < -0.3 is 10.8 Å². The SMILES string of the molecule is CC1CCCC(CN)N1C(C)c1ccc(F)cc1O. The molecule has 0 aliphatic carbocycles. The second-order valence-corrected chi connectivity index (χ2v) is 5.50. The Labute approximate surface area is 114 Å². The molecule has 3 N–H and O–H groups in total. The molecular weight excluding hydrogens is 243 g/mol. The van der Waals surface area contributed by atoms with Crippen LogP contribution in [0, 0.1) is 5.82 Å². The van der Waals surface area contributed by atoms with Crippen LogP contribution in [0.5, 0.6) is 5.75 Å². The smallest absolute Gasteiger partial charge is 0.126 e. The zero-order valence-corrected chi connectivity index (χ0v) is 11.6. The minimum atomic E-state index is -0.407. The first kappa shape index (κ1) is 14.3. The van der Waals surface area contributed by atoms with Crippen molar-refractivity contribution in [1.29, 1.82) is 0 Å². The van der Waals surface area contributed by atoms with Crippen LogP contribution in [0.2, 0.25) is 0 Å². The number of phenols is 1. The van der Waals surface area contributed by atoms with Gasteiger partial charge >= 0.3 is 0 Å². The molecule has 3 atom stereocenters. The highest BCUT2D eigenvalue weighted by molar-refractivity contribution is 5.35. The van der Waals surface area contributed by atoms with Crippen molar-refractivity contribution in [2.75, 3.05) is 6.54 Å². The van der Waals surface area contributed by atoms with Gasteiger partial charge in [0.15, 0.2) is 0 Å². The lowest BCUT2D eigenvalue weighted by Crippen LogP contribution is -2.49. The fourth-order valence-corrected chi connectivity index (χ4v) is 3.28. The third kappa shape index (κ3) is 2.90. The third-order valence-corrected chi connectivity index (χ3v) is 4.25. The van der Waals surface area contributed by atoms with E-state index in [0.29, 0.717) is 18.6 Å². The van der Waals surface area contributed by atoms with Gasteiger partial charge in [-0.3, -0.25) is 4.90 Å². The predicted octanol–water partition coefficient (Wildman–Crippen LogP) is 2.79. The molecule has 0 amide bonds. The summed E-state index contributed by atoms with van der Waals surface area (Å²) < 4.78 is 13.1. The fraction of sp³-hybridized carbons (Fsp3) is 0.600. The van der Waals surface area contributed by atoms with Crippen LogP contribution < -0.4 is 5.73 Å². The van der Waals surface area contributed by atoms with Crippen molar-refractivity contribution in [2.24, 2.45) is 5.73 Å². The van der Waals surface area contributed by atoms with Gasteiger partial charge in [0.05, 0.1) is 0 Å². The Kier molecular flexibility index (Phi) is 4.42. The van der Waals surface area contributed by atoms with Gasteiger partial charge in [0, 0.05) is 36.3 Å². The van der Waals surface area contributed by atoms with Gasteiger partial charge in [-0.1, -0.05) is 12.5 Å². The molecule has 0 spiro atoms. The summed E-state index contributed by atoms with van der Waals surface area (Å²) in [5.74, 6) is -0.378. The first-order valence-corrected chi connectivity index (χ1v) is 7.00. The molecule has 3 nitrogen and oxygen atoms in total. The third-order valence-electron chi connectivity index (χ3n) is 4.25. The van der Waals surface area contributed by atoms with E-state index in [1.165, 1.54) is 18.6 Å². The first-order chi connectivity index (χ1) is 9.04. The van der Waals surface area contributed by atoms with E-state index < -0.39 is 5.82 Å². The number of nitrogens with zero attached hydrogens (tertiary/aromatic N) is 1. The number of benzene rings is 1. The zero-order chi connectivity index (χ0) is 14.0. The van der Waals surface area contributed by atoms with Crippen molar-refractivity contribution < 1.29 is 9.50 Å². The van der Waals surface area contributed by atoms with Crippen LogP contribution in [0.4, 0.5) is 4.39 Å². The Morgan fingerprint density at radius 2 is 2.21 bits per heavy atom. The Morgan fingerprint density at radius 1 is 1.47 bits per heavy atom. The summed E-state index contributed by atoms with van der Waals surface area (Å²) in [7, 11) is 0. The average Bonchev–Trinajstić information content (AvgIpc) is 2.37. The van der Waals surface area contributed by atoms with E-state index in [2.05, 4.69) is 18.7 Å². The number of piperidine rings is 1. The molecule has 1 aromatic carbocycles. The summed E-state index contributed by atoms with van der Waals surface area (Å²) >= 11 is 0. The monoisotopic (exact) mass is 266 g/mol. The second-order valence-electron chi connectivity index (χ2n) is 5.50. The number of rotatable bonds is 3. The topological polar surface area (TPSA) is 49.5 Å². The summed E-state index contributed by atoms with van der Waals surface area (Å²) in [5.41, 5.74) is 6.64. The van der Waals surface area contributed by atoms with E-state index in [-0.39, 0.29) is 11.8 Å². The lowest BCUT2D eigenvalue weighted by atomic mass is 9.92. The molecule has 0 radical (unpaired) electrons. The van der Waals surface area contributed by atoms with Crippen LogP contribution in [0.3, 0.4) is 0 Å². The Morgan fingerprint density at radius 3 is 2.84 bits per heavy atom. The molecule has 0 aromatic heterocycles. The predicted molar refractivity (Wildman–Crippen MR) is 74.5 cm³/mol. The second kappa shape index (κ2) is 5.88. The Balaban J connectivity index is 2.27. The van der Waals surface area contributed by atoms with E-state index in [9.17, 15) is 9.50 Å². The number of aromatic hydroxyl groups is 1. The number of hydrogen-bond acceptors (Lipinski definition) is 3. The van der Waals surface area contributed by atoms with Gasteiger partial charge in [-0.2, -0.15) is 0 Å². The molecule has 106 valence electrons. The van der Waals surface area contributed by atoms with Crippen LogP contribution in [0.1, 0.15) is 44.7 Å². The van der Waals surface area contributed by atoms with E-state index in [1.54, 1.807) is 6.07 Å². The summed E-state index contributed by atoms with van der Waals surface area (Å²) in [6.07, 6.45) is 3.43. The lowest BCUT2D eigenvalue weighted by molar-refractivity contribution is 0.0560. The van der Waals surface area contributed by atoms with Gasteiger partial charge in [0.25, 0.3) is 0 Å². The van der Waals surface area contributed by atoms with Crippen LogP contribution in [-0.2, 0) is 0 Å². The molecule has 0 saturated carbocycles. The molecule has 1 aromatic rings. The van der Waals surface area contributed by atoms with Crippen LogP contribution in [-0.4, -0.2) is 28.6 Å². The molecular formula is C15H23FN2O. The molecule has 1 fully saturated rings. The van der Waals surface area contributed by atoms with Crippen molar-refractivity contribution >= 4 is 0 Å². The van der Waals surface area contributed by atoms with Crippen molar-refractivity contribution in [3.63, 3.8) is 0 Å². The van der Waals surface area contributed by atoms with Gasteiger partial charge in [-0.05, 0) is 32.8 Å². The van der Waals surface area contributed by atoms with E-state index in [1.807, 2.05) is 0 Å². The van der Waals surface area contributed by atoms with Crippen molar-refractivity contribution in [1.82, 2.24) is 4.90 Å². The minimum Gasteiger partial charge on any atom is -0.508 e. The van der Waals surface area contributed by atoms with Crippen LogP contribution >= 0.6 is 0 Å². The van der Waals surface area contributed by atoms with Gasteiger partial charge in [-0.15, -0.1) is 0 Å². The number of halogens is 1. The maximum absolute atomic E-state index is 13.1. The van der Waals surface area contributed by atoms with Crippen LogP contribution in [0.25, 0.3) is 0 Å². The summed E-state index contributed by atoms with van der Waals surface area (Å²) in [5, 5.41) is 9.94. The molecule has 1 heterocycles. The molecule has 3 unspecified atom stereocenters. The Hall–Kier alpha value is -1.13. The lowest BCUT2D eigenvalue weighted by Gasteiger charge is -2.44. The number of phenolic OH excluding ortho intramolecular Hbond substituents is 1. The number of nitrogens with two attached hydrogens (primary N) is 1. The van der Waals surface area contributed by atoms with Crippen molar-refractivity contribution in [3.05, 3.63) is 29.6 Å². The van der Waals surface area contributed by atoms with E-state index in [0.717, 1.165) is 18.4 Å². The number of hydrogen-bond donors (Lipinski definition) is 2. The molecule has 0 bridgehead atoms. The summed E-state index contributed by atoms with van der Waals surface area (Å²) in [6, 6.07) is 5.06. The molecule has 19 heavy (non-hydrogen) atoms. The van der Waals surface area contributed by atoms with E-state index >= 15 is 0 Å². The first-order valence-electron chi connectivity index (χ1n) is 7.00. The average molecular weight is 266 g/mol. The maximum atomic E-state index is 13.1. The highest BCUT2D eigenvalue weighted by Gasteiger charge is 2.32. The maximum Gasteiger partial charge on any atom is 0.126 e. The zero-order valence-electron chi connectivity index (χ0n) is 11.6. The molecule has 2 rings (SSSR count). The van der Waals surface area contributed by atoms with Gasteiger partial charge in [0.2, 0.25) is 0 Å². The van der Waals surface area contributed by atoms with Gasteiger partial charge in [0.1, 0.15) is 11.6 Å². The molecule has 1 aliphatic rings. The van der Waals surface area contributed by atoms with Crippen molar-refractivity contribution in [3.8, 4) is 5.75 Å². The largest absolute Gasteiger partial charge is 0.508 e. The molecule has 1 aliphatic heterocycles. The standard InChI is InChI=1S/C15H23FN2O/c1-10-4-3-5-13(9-17)18(10)11(2)14-7-6-12(16)8-15(14)19/h6-8,10-11,13,19H,3-5,9,17H2,1-2H3. The normalized spacial score (nSPS) is 26.3. The Bertz CT molecular complexity index is 438. The quantitative estimate of drug-likeness (QED) is 0.884. The molecule has 1 saturated heterocycles. The van der Waals surface area contributed by atoms with E-state index in [4.69, 9.17) is 5.73 Å². The van der Waals surface area contributed by atoms with Crippen molar-refractivity contribution in [2.45, 2.75) is 51.2 Å². The highest BCUT2D eigenvalue weighted by atomic mass is 19.1. The summed E-state index contributed by atoms with van der Waals surface area (Å²) in [4.78, 5) is 2.36. The highest BCUT2D eigenvalue weighted by Crippen LogP contribution is 2.35. The van der Waals surface area contributed by atoms with Crippen LogP contribution in [0.15, 0.2) is 18.2 Å². The minimum absolute atomic E-state index is 0.0287.